The highest BCUT2D eigenvalue weighted by Gasteiger charge is 2.08. The van der Waals surface area contributed by atoms with Crippen molar-refractivity contribution in [3.63, 3.8) is 0 Å². The number of nitrogens with zero attached hydrogens (tertiary/aromatic N) is 4. The Labute approximate surface area is 177 Å². The Kier molecular flexibility index (Phi) is 8.32. The Balaban J connectivity index is 1.43. The minimum Gasteiger partial charge on any atom is -0.461 e. The summed E-state index contributed by atoms with van der Waals surface area (Å²) in [5, 5.41) is 13.8. The quantitative estimate of drug-likeness (QED) is 0.256. The Hall–Kier alpha value is -3.29. The van der Waals surface area contributed by atoms with Crippen molar-refractivity contribution >= 4 is 11.6 Å². The van der Waals surface area contributed by atoms with Crippen LogP contribution in [-0.2, 0) is 6.42 Å². The maximum atomic E-state index is 5.32. The standard InChI is InChI=1S/C22H31N7O/c1-3-23-22(24-14-9-16-29(4-2)18-10-6-5-7-11-18)25-15-13-20-26-21(28-27-20)19-12-8-17-30-19/h5-8,10-12,17H,3-4,9,13-16H2,1-2H3,(H2,23,24,25)(H,26,27,28). The summed E-state index contributed by atoms with van der Waals surface area (Å²) in [5.41, 5.74) is 1.26. The third-order valence-corrected chi connectivity index (χ3v) is 4.63. The third kappa shape index (κ3) is 6.37. The van der Waals surface area contributed by atoms with Crippen molar-refractivity contribution < 1.29 is 4.42 Å². The number of hydrogen-bond donors (Lipinski definition) is 3. The SMILES string of the molecule is CCNC(=NCCCN(CC)c1ccccc1)NCCc1nc(-c2ccco2)n[nH]1. The molecule has 0 amide bonds. The van der Waals surface area contributed by atoms with Gasteiger partial charge < -0.3 is 20.0 Å². The molecular formula is C22H31N7O. The predicted octanol–water partition coefficient (Wildman–Crippen LogP) is 3.08. The van der Waals surface area contributed by atoms with Gasteiger partial charge in [0.2, 0.25) is 5.82 Å². The van der Waals surface area contributed by atoms with Crippen LogP contribution in [0.25, 0.3) is 11.6 Å². The molecular weight excluding hydrogens is 378 g/mol. The average molecular weight is 410 g/mol. The maximum Gasteiger partial charge on any atom is 0.216 e. The highest BCUT2D eigenvalue weighted by atomic mass is 16.3. The molecule has 1 aromatic carbocycles. The summed E-state index contributed by atoms with van der Waals surface area (Å²) in [4.78, 5) is 11.5. The van der Waals surface area contributed by atoms with E-state index >= 15 is 0 Å². The van der Waals surface area contributed by atoms with Crippen LogP contribution < -0.4 is 15.5 Å². The van der Waals surface area contributed by atoms with Crippen molar-refractivity contribution in [2.75, 3.05) is 37.6 Å². The van der Waals surface area contributed by atoms with Gasteiger partial charge in [0.15, 0.2) is 11.7 Å². The number of H-pyrrole nitrogens is 1. The molecule has 2 aromatic heterocycles. The topological polar surface area (TPSA) is 94.4 Å². The summed E-state index contributed by atoms with van der Waals surface area (Å²) >= 11 is 0. The van der Waals surface area contributed by atoms with Gasteiger partial charge in [-0.05, 0) is 44.5 Å². The number of furan rings is 1. The van der Waals surface area contributed by atoms with Gasteiger partial charge in [-0.15, -0.1) is 0 Å². The lowest BCUT2D eigenvalue weighted by atomic mass is 10.2. The van der Waals surface area contributed by atoms with Gasteiger partial charge in [0.1, 0.15) is 5.82 Å². The summed E-state index contributed by atoms with van der Waals surface area (Å²) < 4.78 is 5.32. The van der Waals surface area contributed by atoms with E-state index in [4.69, 9.17) is 9.41 Å². The van der Waals surface area contributed by atoms with Gasteiger partial charge in [-0.1, -0.05) is 18.2 Å². The Morgan fingerprint density at radius 2 is 2.00 bits per heavy atom. The molecule has 0 saturated heterocycles. The highest BCUT2D eigenvalue weighted by molar-refractivity contribution is 5.79. The first-order valence-electron chi connectivity index (χ1n) is 10.6. The molecule has 0 radical (unpaired) electrons. The smallest absolute Gasteiger partial charge is 0.216 e. The first kappa shape index (κ1) is 21.4. The number of hydrogen-bond acceptors (Lipinski definition) is 5. The zero-order valence-electron chi connectivity index (χ0n) is 17.8. The molecule has 0 saturated carbocycles. The third-order valence-electron chi connectivity index (χ3n) is 4.63. The summed E-state index contributed by atoms with van der Waals surface area (Å²) in [6.07, 6.45) is 3.33. The Bertz CT molecular complexity index is 874. The molecule has 2 heterocycles. The van der Waals surface area contributed by atoms with Crippen molar-refractivity contribution in [3.8, 4) is 11.6 Å². The molecule has 8 nitrogen and oxygen atoms in total. The monoisotopic (exact) mass is 409 g/mol. The van der Waals surface area contributed by atoms with Crippen LogP contribution in [0.1, 0.15) is 26.1 Å². The van der Waals surface area contributed by atoms with Crippen LogP contribution in [0.4, 0.5) is 5.69 Å². The molecule has 0 spiro atoms. The number of aliphatic imine (C=N–C) groups is 1. The largest absolute Gasteiger partial charge is 0.461 e. The summed E-state index contributed by atoms with van der Waals surface area (Å²) in [7, 11) is 0. The van der Waals surface area contributed by atoms with Crippen LogP contribution in [0.2, 0.25) is 0 Å². The van der Waals surface area contributed by atoms with Crippen LogP contribution in [-0.4, -0.2) is 53.9 Å². The molecule has 0 fully saturated rings. The van der Waals surface area contributed by atoms with Gasteiger partial charge in [0.25, 0.3) is 0 Å². The van der Waals surface area contributed by atoms with Gasteiger partial charge in [-0.25, -0.2) is 4.98 Å². The van der Waals surface area contributed by atoms with Crippen LogP contribution in [0.3, 0.4) is 0 Å². The van der Waals surface area contributed by atoms with E-state index in [0.29, 0.717) is 18.1 Å². The number of guanidine groups is 1. The van der Waals surface area contributed by atoms with Crippen LogP contribution in [0.5, 0.6) is 0 Å². The van der Waals surface area contributed by atoms with E-state index in [0.717, 1.165) is 50.8 Å². The van der Waals surface area contributed by atoms with E-state index in [1.54, 1.807) is 6.26 Å². The van der Waals surface area contributed by atoms with E-state index in [9.17, 15) is 0 Å². The zero-order chi connectivity index (χ0) is 21.0. The van der Waals surface area contributed by atoms with Crippen LogP contribution in [0, 0.1) is 0 Å². The van der Waals surface area contributed by atoms with Crippen molar-refractivity contribution in [3.05, 3.63) is 54.6 Å². The molecule has 160 valence electrons. The number of rotatable bonds is 11. The summed E-state index contributed by atoms with van der Waals surface area (Å²) in [6.45, 7) is 8.52. The van der Waals surface area contributed by atoms with E-state index in [-0.39, 0.29) is 0 Å². The molecule has 0 aliphatic carbocycles. The number of nitrogens with one attached hydrogen (secondary N) is 3. The van der Waals surface area contributed by atoms with Crippen molar-refractivity contribution in [1.82, 2.24) is 25.8 Å². The first-order valence-corrected chi connectivity index (χ1v) is 10.6. The van der Waals surface area contributed by atoms with E-state index < -0.39 is 0 Å². The Morgan fingerprint density at radius 1 is 1.13 bits per heavy atom. The van der Waals surface area contributed by atoms with Crippen LogP contribution >= 0.6 is 0 Å². The minimum absolute atomic E-state index is 0.578. The lowest BCUT2D eigenvalue weighted by molar-refractivity contribution is 0.577. The molecule has 3 rings (SSSR count). The van der Waals surface area contributed by atoms with Gasteiger partial charge in [0, 0.05) is 44.8 Å². The predicted molar refractivity (Wildman–Crippen MR) is 121 cm³/mol. The second-order valence-corrected chi connectivity index (χ2v) is 6.79. The molecule has 30 heavy (non-hydrogen) atoms. The lowest BCUT2D eigenvalue weighted by Crippen LogP contribution is -2.38. The second-order valence-electron chi connectivity index (χ2n) is 6.79. The number of anilines is 1. The fourth-order valence-corrected chi connectivity index (χ4v) is 3.13. The number of aromatic nitrogens is 3. The van der Waals surface area contributed by atoms with Gasteiger partial charge in [0.05, 0.1) is 6.26 Å². The Morgan fingerprint density at radius 3 is 2.73 bits per heavy atom. The molecule has 0 unspecified atom stereocenters. The van der Waals surface area contributed by atoms with E-state index in [2.05, 4.69) is 68.8 Å². The number of para-hydroxylation sites is 1. The summed E-state index contributed by atoms with van der Waals surface area (Å²) in [6, 6.07) is 14.2. The number of aromatic amines is 1. The average Bonchev–Trinajstić information content (AvgIpc) is 3.46. The lowest BCUT2D eigenvalue weighted by Gasteiger charge is -2.22. The fourth-order valence-electron chi connectivity index (χ4n) is 3.13. The zero-order valence-corrected chi connectivity index (χ0v) is 17.8. The van der Waals surface area contributed by atoms with Crippen molar-refractivity contribution in [1.29, 1.82) is 0 Å². The van der Waals surface area contributed by atoms with Gasteiger partial charge in [-0.2, -0.15) is 5.10 Å². The molecule has 0 aliphatic rings. The number of benzene rings is 1. The van der Waals surface area contributed by atoms with E-state index in [1.807, 2.05) is 18.2 Å². The van der Waals surface area contributed by atoms with Gasteiger partial charge >= 0.3 is 0 Å². The molecule has 0 bridgehead atoms. The fraction of sp³-hybridized carbons (Fsp3) is 0.409. The minimum atomic E-state index is 0.578. The molecule has 3 N–H and O–H groups in total. The molecule has 8 heteroatoms. The van der Waals surface area contributed by atoms with E-state index in [1.165, 1.54) is 5.69 Å². The van der Waals surface area contributed by atoms with Crippen molar-refractivity contribution in [2.45, 2.75) is 26.7 Å². The van der Waals surface area contributed by atoms with Gasteiger partial charge in [-0.3, -0.25) is 10.1 Å². The highest BCUT2D eigenvalue weighted by Crippen LogP contribution is 2.14. The molecule has 0 aliphatic heterocycles. The molecule has 0 atom stereocenters. The second kappa shape index (κ2) is 11.6. The normalized spacial score (nSPS) is 11.5. The summed E-state index contributed by atoms with van der Waals surface area (Å²) in [5.74, 6) is 2.88. The van der Waals surface area contributed by atoms with Crippen molar-refractivity contribution in [2.24, 2.45) is 4.99 Å². The van der Waals surface area contributed by atoms with Crippen LogP contribution in [0.15, 0.2) is 58.1 Å². The first-order chi connectivity index (χ1) is 14.8. The maximum absolute atomic E-state index is 5.32. The molecule has 3 aromatic rings.